The lowest BCUT2D eigenvalue weighted by atomic mass is 10.2. The predicted octanol–water partition coefficient (Wildman–Crippen LogP) is 2.51. The summed E-state index contributed by atoms with van der Waals surface area (Å²) < 4.78 is 0. The van der Waals surface area contributed by atoms with Crippen LogP contribution in [-0.4, -0.2) is 27.3 Å². The molecule has 1 N–H and O–H groups in total. The summed E-state index contributed by atoms with van der Waals surface area (Å²) in [6.07, 6.45) is 0. The molecular weight excluding hydrogens is 270 g/mol. The summed E-state index contributed by atoms with van der Waals surface area (Å²) in [5.41, 5.74) is 1.89. The Kier molecular flexibility index (Phi) is 4.68. The van der Waals surface area contributed by atoms with Crippen LogP contribution < -0.4 is 0 Å². The van der Waals surface area contributed by atoms with Gasteiger partial charge in [0.25, 0.3) is 5.37 Å². The summed E-state index contributed by atoms with van der Waals surface area (Å²) in [5.74, 6) is 0.716. The Hall–Kier alpha value is -0.980. The molecular formula is C12H13NO3S2. The number of thioether (sulfide) groups is 2. The standard InChI is InChI=1S/C12H13NO3S2/c14-6-10-8-18-12(13(15)16)11(10)17-7-9-4-2-1-3-5-9/h1-5,8,11-12,14H,6-7H2. The van der Waals surface area contributed by atoms with Crippen LogP contribution in [-0.2, 0) is 5.75 Å². The van der Waals surface area contributed by atoms with Gasteiger partial charge in [0.1, 0.15) is 5.25 Å². The van der Waals surface area contributed by atoms with Crippen molar-refractivity contribution < 1.29 is 10.0 Å². The first-order chi connectivity index (χ1) is 8.72. The van der Waals surface area contributed by atoms with Gasteiger partial charge in [-0.25, -0.2) is 0 Å². The maximum Gasteiger partial charge on any atom is 0.277 e. The molecule has 18 heavy (non-hydrogen) atoms. The lowest BCUT2D eigenvalue weighted by Gasteiger charge is -2.15. The first kappa shape index (κ1) is 13.5. The number of nitro groups is 1. The van der Waals surface area contributed by atoms with Crippen molar-refractivity contribution in [3.8, 4) is 0 Å². The van der Waals surface area contributed by atoms with Gasteiger partial charge in [0.15, 0.2) is 0 Å². The normalized spacial score (nSPS) is 22.8. The van der Waals surface area contributed by atoms with E-state index in [1.165, 1.54) is 23.5 Å². The number of hydrogen-bond donors (Lipinski definition) is 1. The molecule has 1 heterocycles. The van der Waals surface area contributed by atoms with E-state index in [1.54, 1.807) is 5.41 Å². The van der Waals surface area contributed by atoms with Gasteiger partial charge in [0, 0.05) is 10.7 Å². The highest BCUT2D eigenvalue weighted by Gasteiger charge is 2.39. The van der Waals surface area contributed by atoms with E-state index in [0.717, 1.165) is 11.1 Å². The molecule has 0 saturated carbocycles. The van der Waals surface area contributed by atoms with Gasteiger partial charge in [-0.2, -0.15) is 0 Å². The molecule has 96 valence electrons. The zero-order valence-electron chi connectivity index (χ0n) is 9.56. The van der Waals surface area contributed by atoms with Gasteiger partial charge in [0.05, 0.1) is 6.61 Å². The van der Waals surface area contributed by atoms with Gasteiger partial charge in [-0.3, -0.25) is 10.1 Å². The van der Waals surface area contributed by atoms with E-state index in [1.807, 2.05) is 30.3 Å². The zero-order valence-corrected chi connectivity index (χ0v) is 11.2. The van der Waals surface area contributed by atoms with Crippen molar-refractivity contribution in [1.29, 1.82) is 0 Å². The highest BCUT2D eigenvalue weighted by Crippen LogP contribution is 2.39. The lowest BCUT2D eigenvalue weighted by Crippen LogP contribution is -2.27. The lowest BCUT2D eigenvalue weighted by molar-refractivity contribution is -0.492. The van der Waals surface area contributed by atoms with Gasteiger partial charge in [-0.15, -0.1) is 11.8 Å². The van der Waals surface area contributed by atoms with Crippen molar-refractivity contribution in [2.45, 2.75) is 16.4 Å². The molecule has 0 amide bonds. The molecule has 1 aliphatic rings. The Balaban J connectivity index is 2.01. The van der Waals surface area contributed by atoms with Crippen LogP contribution in [0.2, 0.25) is 0 Å². The molecule has 2 rings (SSSR count). The Bertz CT molecular complexity index is 450. The number of rotatable bonds is 5. The summed E-state index contributed by atoms with van der Waals surface area (Å²) in [5, 5.41) is 21.0. The molecule has 2 unspecified atom stereocenters. The van der Waals surface area contributed by atoms with Crippen LogP contribution >= 0.6 is 23.5 Å². The minimum atomic E-state index is -0.680. The maximum atomic E-state index is 10.9. The number of aliphatic hydroxyl groups excluding tert-OH is 1. The minimum absolute atomic E-state index is 0.107. The van der Waals surface area contributed by atoms with Gasteiger partial charge >= 0.3 is 0 Å². The van der Waals surface area contributed by atoms with E-state index in [-0.39, 0.29) is 16.8 Å². The Morgan fingerprint density at radius 2 is 2.11 bits per heavy atom. The van der Waals surface area contributed by atoms with Crippen molar-refractivity contribution in [3.63, 3.8) is 0 Å². The minimum Gasteiger partial charge on any atom is -0.392 e. The second-order valence-electron chi connectivity index (χ2n) is 3.88. The molecule has 0 fully saturated rings. The van der Waals surface area contributed by atoms with E-state index in [4.69, 9.17) is 0 Å². The average molecular weight is 283 g/mol. The third kappa shape index (κ3) is 3.07. The summed E-state index contributed by atoms with van der Waals surface area (Å²) in [7, 11) is 0. The molecule has 0 radical (unpaired) electrons. The number of benzene rings is 1. The van der Waals surface area contributed by atoms with E-state index in [2.05, 4.69) is 0 Å². The molecule has 0 aromatic heterocycles. The fourth-order valence-electron chi connectivity index (χ4n) is 1.72. The molecule has 1 aliphatic heterocycles. The van der Waals surface area contributed by atoms with E-state index in [0.29, 0.717) is 5.75 Å². The van der Waals surface area contributed by atoms with Crippen LogP contribution in [0, 0.1) is 10.1 Å². The van der Waals surface area contributed by atoms with Crippen LogP contribution in [0.3, 0.4) is 0 Å². The number of aliphatic hydroxyl groups is 1. The summed E-state index contributed by atoms with van der Waals surface area (Å²) in [6.45, 7) is -0.107. The quantitative estimate of drug-likeness (QED) is 0.664. The summed E-state index contributed by atoms with van der Waals surface area (Å²) in [4.78, 5) is 10.7. The fraction of sp³-hybridized carbons (Fsp3) is 0.333. The topological polar surface area (TPSA) is 63.4 Å². The van der Waals surface area contributed by atoms with Crippen molar-refractivity contribution >= 4 is 23.5 Å². The smallest absolute Gasteiger partial charge is 0.277 e. The van der Waals surface area contributed by atoms with Gasteiger partial charge < -0.3 is 5.11 Å². The predicted molar refractivity (Wildman–Crippen MR) is 75.1 cm³/mol. The molecule has 0 bridgehead atoms. The van der Waals surface area contributed by atoms with Crippen molar-refractivity contribution in [2.75, 3.05) is 6.61 Å². The second-order valence-corrected chi connectivity index (χ2v) is 6.00. The Morgan fingerprint density at radius 1 is 1.39 bits per heavy atom. The molecule has 0 aliphatic carbocycles. The van der Waals surface area contributed by atoms with Crippen molar-refractivity contribution in [1.82, 2.24) is 0 Å². The van der Waals surface area contributed by atoms with E-state index >= 15 is 0 Å². The summed E-state index contributed by atoms with van der Waals surface area (Å²) in [6, 6.07) is 9.84. The van der Waals surface area contributed by atoms with Gasteiger partial charge in [0.2, 0.25) is 0 Å². The monoisotopic (exact) mass is 283 g/mol. The second kappa shape index (κ2) is 6.26. The molecule has 0 saturated heterocycles. The molecule has 1 aromatic carbocycles. The van der Waals surface area contributed by atoms with Crippen LogP contribution in [0.5, 0.6) is 0 Å². The van der Waals surface area contributed by atoms with Gasteiger partial charge in [-0.1, -0.05) is 42.1 Å². The highest BCUT2D eigenvalue weighted by molar-refractivity contribution is 8.05. The van der Waals surface area contributed by atoms with Crippen molar-refractivity contribution in [3.05, 3.63) is 57.0 Å². The van der Waals surface area contributed by atoms with Crippen molar-refractivity contribution in [2.24, 2.45) is 0 Å². The van der Waals surface area contributed by atoms with Crippen LogP contribution in [0.15, 0.2) is 41.3 Å². The third-order valence-corrected chi connectivity index (χ3v) is 5.40. The van der Waals surface area contributed by atoms with Crippen LogP contribution in [0.1, 0.15) is 5.56 Å². The third-order valence-electron chi connectivity index (χ3n) is 2.65. The molecule has 4 nitrogen and oxygen atoms in total. The van der Waals surface area contributed by atoms with Crippen LogP contribution in [0.4, 0.5) is 0 Å². The first-order valence-corrected chi connectivity index (χ1v) is 7.46. The summed E-state index contributed by atoms with van der Waals surface area (Å²) >= 11 is 2.70. The highest BCUT2D eigenvalue weighted by atomic mass is 32.2. The molecule has 1 aromatic rings. The van der Waals surface area contributed by atoms with E-state index < -0.39 is 5.37 Å². The largest absolute Gasteiger partial charge is 0.392 e. The molecule has 6 heteroatoms. The first-order valence-electron chi connectivity index (χ1n) is 5.46. The van der Waals surface area contributed by atoms with Crippen LogP contribution in [0.25, 0.3) is 0 Å². The maximum absolute atomic E-state index is 10.9. The molecule has 0 spiro atoms. The zero-order chi connectivity index (χ0) is 13.0. The van der Waals surface area contributed by atoms with E-state index in [9.17, 15) is 15.2 Å². The Morgan fingerprint density at radius 3 is 2.72 bits per heavy atom. The average Bonchev–Trinajstić information content (AvgIpc) is 2.80. The number of hydrogen-bond acceptors (Lipinski definition) is 5. The molecule has 2 atom stereocenters. The SMILES string of the molecule is O=[N+]([O-])C1SC=C(CO)C1SCc1ccccc1. The Labute approximate surface area is 114 Å². The van der Waals surface area contributed by atoms with Gasteiger partial charge in [-0.05, 0) is 16.5 Å². The number of nitrogens with zero attached hydrogens (tertiary/aromatic N) is 1. The fourth-order valence-corrected chi connectivity index (χ4v) is 4.37.